The first-order valence-electron chi connectivity index (χ1n) is 11.0. The maximum absolute atomic E-state index is 15.1. The first-order valence-corrected chi connectivity index (χ1v) is 11.0. The van der Waals surface area contributed by atoms with Crippen molar-refractivity contribution in [1.82, 2.24) is 0 Å². The van der Waals surface area contributed by atoms with Crippen LogP contribution < -0.4 is 9.47 Å². The van der Waals surface area contributed by atoms with Crippen LogP contribution in [0.25, 0.3) is 10.8 Å². The van der Waals surface area contributed by atoms with Gasteiger partial charge in [0.25, 0.3) is 0 Å². The molecule has 0 fully saturated rings. The summed E-state index contributed by atoms with van der Waals surface area (Å²) in [4.78, 5) is 0. The Morgan fingerprint density at radius 3 is 2.22 bits per heavy atom. The summed E-state index contributed by atoms with van der Waals surface area (Å²) in [6.07, 6.45) is -4.66. The van der Waals surface area contributed by atoms with Gasteiger partial charge in [-0.15, -0.1) is 0 Å². The third-order valence-corrected chi connectivity index (χ3v) is 6.18. The van der Waals surface area contributed by atoms with Gasteiger partial charge >= 0.3 is 6.11 Å². The number of alkyl halides is 2. The molecule has 10 heteroatoms. The average molecular weight is 524 g/mol. The summed E-state index contributed by atoms with van der Waals surface area (Å²) < 4.78 is 125. The first-order chi connectivity index (χ1) is 17.5. The SMILES string of the molecule is Cc1ccc2c(c1)CCC(c1cc3ccc(C(F)(F)Oc4cc(F)c(F)c(F)c4)c(F)c3c(F)c1F)O2. The van der Waals surface area contributed by atoms with Gasteiger partial charge in [0.2, 0.25) is 0 Å². The molecule has 1 unspecified atom stereocenters. The van der Waals surface area contributed by atoms with Crippen molar-refractivity contribution in [2.24, 2.45) is 0 Å². The predicted molar refractivity (Wildman–Crippen MR) is 118 cm³/mol. The molecule has 1 atom stereocenters. The minimum atomic E-state index is -4.58. The Morgan fingerprint density at radius 2 is 1.51 bits per heavy atom. The van der Waals surface area contributed by atoms with Gasteiger partial charge in [-0.2, -0.15) is 8.78 Å². The maximum atomic E-state index is 15.1. The lowest BCUT2D eigenvalue weighted by Gasteiger charge is -2.27. The van der Waals surface area contributed by atoms with Crippen LogP contribution in [0.1, 0.15) is 34.8 Å². The molecule has 0 amide bonds. The second kappa shape index (κ2) is 8.93. The Morgan fingerprint density at radius 1 is 0.811 bits per heavy atom. The molecule has 0 radical (unpaired) electrons. The molecular weight excluding hydrogens is 508 g/mol. The first kappa shape index (κ1) is 24.9. The highest BCUT2D eigenvalue weighted by Crippen LogP contribution is 2.41. The number of hydrogen-bond acceptors (Lipinski definition) is 2. The number of benzene rings is 4. The minimum Gasteiger partial charge on any atom is -0.485 e. The van der Waals surface area contributed by atoms with Crippen molar-refractivity contribution in [3.63, 3.8) is 0 Å². The molecule has 4 aromatic rings. The third-order valence-electron chi connectivity index (χ3n) is 6.18. The number of rotatable bonds is 4. The van der Waals surface area contributed by atoms with Crippen LogP contribution in [0, 0.1) is 41.8 Å². The molecule has 1 aliphatic rings. The minimum absolute atomic E-state index is 0.140. The molecule has 0 bridgehead atoms. The lowest BCUT2D eigenvalue weighted by molar-refractivity contribution is -0.187. The molecule has 2 nitrogen and oxygen atoms in total. The molecule has 1 aliphatic heterocycles. The number of hydrogen-bond donors (Lipinski definition) is 0. The molecule has 192 valence electrons. The molecule has 1 heterocycles. The van der Waals surface area contributed by atoms with Crippen molar-refractivity contribution in [3.8, 4) is 11.5 Å². The molecule has 0 saturated heterocycles. The molecule has 0 saturated carbocycles. The van der Waals surface area contributed by atoms with Crippen LogP contribution in [0.4, 0.5) is 35.1 Å². The van der Waals surface area contributed by atoms with Gasteiger partial charge in [-0.1, -0.05) is 23.8 Å². The van der Waals surface area contributed by atoms with Crippen molar-refractivity contribution >= 4 is 10.8 Å². The second-order valence-electron chi connectivity index (χ2n) is 8.70. The van der Waals surface area contributed by atoms with E-state index in [-0.39, 0.29) is 23.1 Å². The summed E-state index contributed by atoms with van der Waals surface area (Å²) >= 11 is 0. The third kappa shape index (κ3) is 4.34. The molecule has 4 aromatic carbocycles. The van der Waals surface area contributed by atoms with Gasteiger partial charge in [0, 0.05) is 17.7 Å². The highest BCUT2D eigenvalue weighted by molar-refractivity contribution is 5.85. The molecule has 5 rings (SSSR count). The highest BCUT2D eigenvalue weighted by Gasteiger charge is 2.40. The summed E-state index contributed by atoms with van der Waals surface area (Å²) in [5, 5.41) is -1.28. The lowest BCUT2D eigenvalue weighted by atomic mass is 9.93. The Balaban J connectivity index is 1.52. The van der Waals surface area contributed by atoms with E-state index in [4.69, 9.17) is 4.74 Å². The molecule has 0 N–H and O–H groups in total. The number of fused-ring (bicyclic) bond motifs is 2. The average Bonchev–Trinajstić information content (AvgIpc) is 2.84. The van der Waals surface area contributed by atoms with E-state index >= 15 is 13.2 Å². The van der Waals surface area contributed by atoms with Gasteiger partial charge < -0.3 is 9.47 Å². The fraction of sp³-hybridized carbons (Fsp3) is 0.185. The smallest absolute Gasteiger partial charge is 0.429 e. The van der Waals surface area contributed by atoms with Crippen molar-refractivity contribution in [3.05, 3.63) is 106 Å². The van der Waals surface area contributed by atoms with Crippen molar-refractivity contribution in [2.45, 2.75) is 32.0 Å². The molecule has 0 aliphatic carbocycles. The highest BCUT2D eigenvalue weighted by atomic mass is 19.3. The standard InChI is InChI=1S/C27H16F8O2/c1-12-2-6-20-13(8-12)4-7-21(36-20)16-9-14-3-5-17(24(31)22(14)26(33)23(16)30)27(34,35)37-15-10-18(28)25(32)19(29)11-15/h2-3,5-6,8-11,21H,4,7H2,1H3. The molecule has 0 spiro atoms. The van der Waals surface area contributed by atoms with E-state index in [1.54, 1.807) is 12.1 Å². The second-order valence-corrected chi connectivity index (χ2v) is 8.70. The predicted octanol–water partition coefficient (Wildman–Crippen LogP) is 8.18. The molecular formula is C27H16F8O2. The summed E-state index contributed by atoms with van der Waals surface area (Å²) in [6, 6.07) is 8.33. The monoisotopic (exact) mass is 524 g/mol. The topological polar surface area (TPSA) is 18.5 Å². The molecule has 0 aromatic heterocycles. The number of ether oxygens (including phenoxy) is 2. The van der Waals surface area contributed by atoms with Crippen molar-refractivity contribution in [1.29, 1.82) is 0 Å². The maximum Gasteiger partial charge on any atom is 0.429 e. The van der Waals surface area contributed by atoms with Gasteiger partial charge in [-0.05, 0) is 48.9 Å². The van der Waals surface area contributed by atoms with E-state index in [1.807, 2.05) is 13.0 Å². The zero-order valence-corrected chi connectivity index (χ0v) is 19.0. The Hall–Kier alpha value is -3.82. The molecule has 37 heavy (non-hydrogen) atoms. The Bertz CT molecular complexity index is 1530. The van der Waals surface area contributed by atoms with Crippen LogP contribution in [0.2, 0.25) is 0 Å². The van der Waals surface area contributed by atoms with Gasteiger partial charge in [-0.25, -0.2) is 26.3 Å². The zero-order chi connectivity index (χ0) is 26.6. The van der Waals surface area contributed by atoms with E-state index in [1.165, 1.54) is 0 Å². The van der Waals surface area contributed by atoms with Gasteiger partial charge in [0.05, 0.1) is 5.39 Å². The van der Waals surface area contributed by atoms with Crippen LogP contribution >= 0.6 is 0 Å². The van der Waals surface area contributed by atoms with Crippen molar-refractivity contribution < 1.29 is 44.6 Å². The van der Waals surface area contributed by atoms with Gasteiger partial charge in [0.1, 0.15) is 29.0 Å². The summed E-state index contributed by atoms with van der Waals surface area (Å²) in [6.45, 7) is 1.90. The number of halogens is 8. The Kier molecular flexibility index (Phi) is 6.00. The van der Waals surface area contributed by atoms with E-state index in [0.29, 0.717) is 24.7 Å². The lowest BCUT2D eigenvalue weighted by Crippen LogP contribution is -2.24. The van der Waals surface area contributed by atoms with Crippen LogP contribution in [0.15, 0.2) is 48.5 Å². The van der Waals surface area contributed by atoms with Crippen LogP contribution in [-0.2, 0) is 12.5 Å². The van der Waals surface area contributed by atoms with Crippen LogP contribution in [0.5, 0.6) is 11.5 Å². The van der Waals surface area contributed by atoms with E-state index in [2.05, 4.69) is 4.74 Å². The van der Waals surface area contributed by atoms with E-state index < -0.39 is 63.8 Å². The summed E-state index contributed by atoms with van der Waals surface area (Å²) in [7, 11) is 0. The fourth-order valence-corrected chi connectivity index (χ4v) is 4.39. The zero-order valence-electron chi connectivity index (χ0n) is 19.0. The quantitative estimate of drug-likeness (QED) is 0.198. The van der Waals surface area contributed by atoms with Crippen LogP contribution in [-0.4, -0.2) is 0 Å². The summed E-state index contributed by atoms with van der Waals surface area (Å²) in [5.74, 6) is -11.2. The van der Waals surface area contributed by atoms with E-state index in [9.17, 15) is 22.0 Å². The van der Waals surface area contributed by atoms with Crippen LogP contribution in [0.3, 0.4) is 0 Å². The largest absolute Gasteiger partial charge is 0.485 e. The van der Waals surface area contributed by atoms with Gasteiger partial charge in [0.15, 0.2) is 29.1 Å². The van der Waals surface area contributed by atoms with Gasteiger partial charge in [-0.3, -0.25) is 0 Å². The van der Waals surface area contributed by atoms with Crippen molar-refractivity contribution in [2.75, 3.05) is 0 Å². The number of aryl methyl sites for hydroxylation is 2. The summed E-state index contributed by atoms with van der Waals surface area (Å²) in [5.41, 5.74) is 0.181. The Labute approximate surface area is 205 Å². The normalized spacial score (nSPS) is 15.4. The fourth-order valence-electron chi connectivity index (χ4n) is 4.39. The van der Waals surface area contributed by atoms with E-state index in [0.717, 1.165) is 23.3 Å².